The van der Waals surface area contributed by atoms with E-state index in [2.05, 4.69) is 17.2 Å². The van der Waals surface area contributed by atoms with E-state index in [0.717, 1.165) is 28.8 Å². The molecule has 0 atom stereocenters. The number of hydrogen-bond acceptors (Lipinski definition) is 3. The average Bonchev–Trinajstić information content (AvgIpc) is 2.87. The van der Waals surface area contributed by atoms with Crippen LogP contribution in [0.4, 0.5) is 5.69 Å². The van der Waals surface area contributed by atoms with Crippen molar-refractivity contribution in [2.75, 3.05) is 5.32 Å². The van der Waals surface area contributed by atoms with Gasteiger partial charge in [-0.15, -0.1) is 0 Å². The first-order chi connectivity index (χ1) is 10.6. The van der Waals surface area contributed by atoms with Gasteiger partial charge in [-0.3, -0.25) is 4.79 Å². The molecule has 3 rings (SSSR count). The molecule has 1 N–H and O–H groups in total. The summed E-state index contributed by atoms with van der Waals surface area (Å²) in [6.07, 6.45) is 1.31. The Balaban J connectivity index is 1.69. The summed E-state index contributed by atoms with van der Waals surface area (Å²) in [5, 5.41) is 2.91. The Morgan fingerprint density at radius 1 is 1.14 bits per heavy atom. The van der Waals surface area contributed by atoms with Crippen LogP contribution in [0.2, 0.25) is 0 Å². The van der Waals surface area contributed by atoms with Crippen molar-refractivity contribution < 1.29 is 9.21 Å². The molecule has 4 heteroatoms. The zero-order chi connectivity index (χ0) is 15.5. The summed E-state index contributed by atoms with van der Waals surface area (Å²) in [6.45, 7) is 3.92. The molecule has 3 aromatic rings. The second kappa shape index (κ2) is 6.02. The first kappa shape index (κ1) is 14.3. The fourth-order valence-corrected chi connectivity index (χ4v) is 2.41. The van der Waals surface area contributed by atoms with Crippen LogP contribution >= 0.6 is 0 Å². The molecule has 0 aliphatic carbocycles. The van der Waals surface area contributed by atoms with Crippen molar-refractivity contribution in [3.8, 4) is 0 Å². The summed E-state index contributed by atoms with van der Waals surface area (Å²) in [4.78, 5) is 16.4. The molecule has 0 aliphatic heterocycles. The molecule has 0 aliphatic rings. The third-order valence-corrected chi connectivity index (χ3v) is 3.57. The maximum atomic E-state index is 12.1. The maximum Gasteiger partial charge on any atom is 0.228 e. The predicted octanol–water partition coefficient (Wildman–Crippen LogP) is 3.88. The Hall–Kier alpha value is -2.62. The number of carbonyl (C=O) groups excluding carboxylic acids is 1. The van der Waals surface area contributed by atoms with Crippen LogP contribution in [-0.2, 0) is 17.6 Å². The molecule has 0 spiro atoms. The Bertz CT molecular complexity index is 804. The van der Waals surface area contributed by atoms with Crippen LogP contribution in [0.3, 0.4) is 0 Å². The molecule has 1 amide bonds. The van der Waals surface area contributed by atoms with Crippen molar-refractivity contribution >= 4 is 22.7 Å². The van der Waals surface area contributed by atoms with Gasteiger partial charge in [-0.2, -0.15) is 0 Å². The first-order valence-electron chi connectivity index (χ1n) is 7.39. The minimum atomic E-state index is -0.0381. The lowest BCUT2D eigenvalue weighted by Crippen LogP contribution is -2.14. The van der Waals surface area contributed by atoms with Gasteiger partial charge in [0.05, 0.1) is 6.42 Å². The first-order valence-corrected chi connectivity index (χ1v) is 7.39. The molecule has 0 saturated carbocycles. The minimum absolute atomic E-state index is 0.0381. The number of carbonyl (C=O) groups is 1. The van der Waals surface area contributed by atoms with Crippen molar-refractivity contribution in [3.63, 3.8) is 0 Å². The van der Waals surface area contributed by atoms with Crippen molar-refractivity contribution in [3.05, 3.63) is 59.5 Å². The van der Waals surface area contributed by atoms with Gasteiger partial charge in [0.15, 0.2) is 11.5 Å². The largest absolute Gasteiger partial charge is 0.441 e. The summed E-state index contributed by atoms with van der Waals surface area (Å²) in [7, 11) is 0. The molecule has 1 heterocycles. The Morgan fingerprint density at radius 3 is 2.59 bits per heavy atom. The van der Waals surface area contributed by atoms with Gasteiger partial charge in [0, 0.05) is 12.6 Å². The summed E-state index contributed by atoms with van der Waals surface area (Å²) >= 11 is 0. The number of aryl methyl sites for hydroxylation is 2. The number of aromatic nitrogens is 1. The highest BCUT2D eigenvalue weighted by Gasteiger charge is 2.07. The van der Waals surface area contributed by atoms with Crippen LogP contribution in [0.1, 0.15) is 23.9 Å². The highest BCUT2D eigenvalue weighted by molar-refractivity contribution is 5.92. The number of hydrogen-bond donors (Lipinski definition) is 1. The Labute approximate surface area is 129 Å². The highest BCUT2D eigenvalue weighted by Crippen LogP contribution is 2.17. The van der Waals surface area contributed by atoms with Gasteiger partial charge >= 0.3 is 0 Å². The molecular formula is C18H18N2O2. The van der Waals surface area contributed by atoms with Crippen molar-refractivity contribution in [2.24, 2.45) is 0 Å². The fraction of sp³-hybridized carbons (Fsp3) is 0.222. The molecule has 0 unspecified atom stereocenters. The number of oxazole rings is 1. The van der Waals surface area contributed by atoms with E-state index >= 15 is 0 Å². The van der Waals surface area contributed by atoms with E-state index in [-0.39, 0.29) is 5.91 Å². The number of nitrogens with zero attached hydrogens (tertiary/aromatic N) is 1. The Kier molecular flexibility index (Phi) is 3.92. The van der Waals surface area contributed by atoms with E-state index in [9.17, 15) is 4.79 Å². The average molecular weight is 294 g/mol. The molecule has 2 aromatic carbocycles. The standard InChI is InChI=1S/C18H18N2O2/c1-3-13-4-7-15(8-5-13)20-18(21)11-14-6-9-17-16(10-14)19-12(2)22-17/h4-10H,3,11H2,1-2H3,(H,20,21). The van der Waals surface area contributed by atoms with E-state index in [1.807, 2.05) is 49.4 Å². The summed E-state index contributed by atoms with van der Waals surface area (Å²) < 4.78 is 5.43. The van der Waals surface area contributed by atoms with Crippen molar-refractivity contribution in [1.82, 2.24) is 4.98 Å². The van der Waals surface area contributed by atoms with E-state index in [4.69, 9.17) is 4.42 Å². The molecule has 0 bridgehead atoms. The quantitative estimate of drug-likeness (QED) is 0.794. The second-order valence-corrected chi connectivity index (χ2v) is 5.31. The van der Waals surface area contributed by atoms with Gasteiger partial charge < -0.3 is 9.73 Å². The molecular weight excluding hydrogens is 276 g/mol. The van der Waals surface area contributed by atoms with E-state index in [1.165, 1.54) is 5.56 Å². The Morgan fingerprint density at radius 2 is 1.86 bits per heavy atom. The molecule has 22 heavy (non-hydrogen) atoms. The summed E-state index contributed by atoms with van der Waals surface area (Å²) in [5.41, 5.74) is 4.53. The molecule has 112 valence electrons. The molecule has 0 fully saturated rings. The van der Waals surface area contributed by atoms with Gasteiger partial charge in [0.25, 0.3) is 0 Å². The van der Waals surface area contributed by atoms with Crippen LogP contribution in [0, 0.1) is 6.92 Å². The molecule has 0 radical (unpaired) electrons. The van der Waals surface area contributed by atoms with Gasteiger partial charge in [0.2, 0.25) is 5.91 Å². The van der Waals surface area contributed by atoms with Crippen LogP contribution in [0.25, 0.3) is 11.1 Å². The number of anilines is 1. The van der Waals surface area contributed by atoms with E-state index in [1.54, 1.807) is 0 Å². The van der Waals surface area contributed by atoms with E-state index in [0.29, 0.717) is 12.3 Å². The number of amides is 1. The van der Waals surface area contributed by atoms with Gasteiger partial charge in [-0.1, -0.05) is 25.1 Å². The third-order valence-electron chi connectivity index (χ3n) is 3.57. The fourth-order valence-electron chi connectivity index (χ4n) is 2.41. The molecule has 0 saturated heterocycles. The summed E-state index contributed by atoms with van der Waals surface area (Å²) in [5.74, 6) is 0.594. The van der Waals surface area contributed by atoms with Crippen LogP contribution < -0.4 is 5.32 Å². The monoisotopic (exact) mass is 294 g/mol. The zero-order valence-corrected chi connectivity index (χ0v) is 12.7. The van der Waals surface area contributed by atoms with Gasteiger partial charge in [-0.05, 0) is 41.8 Å². The number of rotatable bonds is 4. The summed E-state index contributed by atoms with van der Waals surface area (Å²) in [6, 6.07) is 13.6. The third kappa shape index (κ3) is 3.17. The lowest BCUT2D eigenvalue weighted by molar-refractivity contribution is -0.115. The predicted molar refractivity (Wildman–Crippen MR) is 86.9 cm³/mol. The maximum absolute atomic E-state index is 12.1. The van der Waals surface area contributed by atoms with Crippen LogP contribution in [-0.4, -0.2) is 10.9 Å². The SMILES string of the molecule is CCc1ccc(NC(=O)Cc2ccc3oc(C)nc3c2)cc1. The highest BCUT2D eigenvalue weighted by atomic mass is 16.3. The molecule has 4 nitrogen and oxygen atoms in total. The van der Waals surface area contributed by atoms with Gasteiger partial charge in [-0.25, -0.2) is 4.98 Å². The molecule has 1 aromatic heterocycles. The van der Waals surface area contributed by atoms with Crippen LogP contribution in [0.5, 0.6) is 0 Å². The zero-order valence-electron chi connectivity index (χ0n) is 12.7. The second-order valence-electron chi connectivity index (χ2n) is 5.31. The van der Waals surface area contributed by atoms with Crippen LogP contribution in [0.15, 0.2) is 46.9 Å². The number of fused-ring (bicyclic) bond motifs is 1. The normalized spacial score (nSPS) is 10.8. The lowest BCUT2D eigenvalue weighted by Gasteiger charge is -2.06. The number of nitrogens with one attached hydrogen (secondary N) is 1. The smallest absolute Gasteiger partial charge is 0.228 e. The van der Waals surface area contributed by atoms with E-state index < -0.39 is 0 Å². The van der Waals surface area contributed by atoms with Crippen molar-refractivity contribution in [1.29, 1.82) is 0 Å². The minimum Gasteiger partial charge on any atom is -0.441 e. The topological polar surface area (TPSA) is 55.1 Å². The lowest BCUT2D eigenvalue weighted by atomic mass is 10.1. The number of benzene rings is 2. The van der Waals surface area contributed by atoms with Crippen molar-refractivity contribution in [2.45, 2.75) is 26.7 Å². The van der Waals surface area contributed by atoms with Gasteiger partial charge in [0.1, 0.15) is 5.52 Å².